The van der Waals surface area contributed by atoms with Crippen molar-refractivity contribution in [2.75, 3.05) is 26.5 Å². The third-order valence-electron chi connectivity index (χ3n) is 5.05. The van der Waals surface area contributed by atoms with Crippen molar-refractivity contribution in [1.29, 1.82) is 0 Å². The van der Waals surface area contributed by atoms with Crippen molar-refractivity contribution in [2.45, 2.75) is 39.2 Å². The van der Waals surface area contributed by atoms with Crippen LogP contribution in [0, 0.1) is 11.7 Å². The number of ether oxygens (including phenoxy) is 2. The van der Waals surface area contributed by atoms with Crippen LogP contribution < -0.4 is 19.5 Å². The quantitative estimate of drug-likeness (QED) is 0.430. The van der Waals surface area contributed by atoms with Gasteiger partial charge in [-0.05, 0) is 48.4 Å². The van der Waals surface area contributed by atoms with Gasteiger partial charge >= 0.3 is 0 Å². The maximum Gasteiger partial charge on any atom is 0.238 e. The van der Waals surface area contributed by atoms with Gasteiger partial charge in [-0.25, -0.2) is 17.5 Å². The average Bonchev–Trinajstić information content (AvgIpc) is 2.75. The Balaban J connectivity index is 1.92. The van der Waals surface area contributed by atoms with E-state index in [4.69, 9.17) is 9.47 Å². The lowest BCUT2D eigenvalue weighted by molar-refractivity contribution is -0.123. The van der Waals surface area contributed by atoms with Crippen molar-refractivity contribution in [2.24, 2.45) is 5.92 Å². The molecule has 1 atom stereocenters. The SMILES string of the molecule is COc1c(CCNC(=O)C(NS(C)(=O)=O)C(C)C)cccc1OCCCc1ccccc1F. The van der Waals surface area contributed by atoms with E-state index in [0.717, 1.165) is 11.8 Å². The topological polar surface area (TPSA) is 93.7 Å². The van der Waals surface area contributed by atoms with Crippen LogP contribution in [0.15, 0.2) is 42.5 Å². The molecule has 1 unspecified atom stereocenters. The number of aryl methyl sites for hydroxylation is 1. The number of halogens is 1. The molecule has 2 N–H and O–H groups in total. The molecule has 0 aliphatic rings. The van der Waals surface area contributed by atoms with Crippen LogP contribution in [-0.4, -0.2) is 46.9 Å². The Labute approximate surface area is 195 Å². The Morgan fingerprint density at radius 2 is 1.76 bits per heavy atom. The summed E-state index contributed by atoms with van der Waals surface area (Å²) in [6.45, 7) is 4.26. The number of sulfonamides is 1. The standard InChI is InChI=1S/C24H33FN2O5S/c1-17(2)22(27-33(4,29)30)24(28)26-15-14-19-10-7-13-21(23(19)31-3)32-16-8-11-18-9-5-6-12-20(18)25/h5-7,9-10,12-13,17,22,27H,8,11,14-16H2,1-4H3,(H,26,28). The fourth-order valence-corrected chi connectivity index (χ4v) is 4.24. The number of hydrogen-bond donors (Lipinski definition) is 2. The van der Waals surface area contributed by atoms with Crippen LogP contribution in [0.3, 0.4) is 0 Å². The van der Waals surface area contributed by atoms with E-state index in [9.17, 15) is 17.6 Å². The molecule has 182 valence electrons. The zero-order chi connectivity index (χ0) is 24.4. The molecule has 0 saturated heterocycles. The van der Waals surface area contributed by atoms with Crippen molar-refractivity contribution >= 4 is 15.9 Å². The highest BCUT2D eigenvalue weighted by Crippen LogP contribution is 2.31. The van der Waals surface area contributed by atoms with Crippen LogP contribution in [0.2, 0.25) is 0 Å². The summed E-state index contributed by atoms with van der Waals surface area (Å²) in [6, 6.07) is 11.4. The Bertz CT molecular complexity index is 1030. The molecule has 9 heteroatoms. The summed E-state index contributed by atoms with van der Waals surface area (Å²) in [4.78, 5) is 12.5. The van der Waals surface area contributed by atoms with E-state index in [0.29, 0.717) is 49.5 Å². The number of rotatable bonds is 13. The minimum atomic E-state index is -3.51. The zero-order valence-electron chi connectivity index (χ0n) is 19.6. The maximum atomic E-state index is 13.7. The largest absolute Gasteiger partial charge is 0.493 e. The first-order valence-electron chi connectivity index (χ1n) is 10.9. The number of amides is 1. The Morgan fingerprint density at radius 1 is 1.06 bits per heavy atom. The van der Waals surface area contributed by atoms with Crippen LogP contribution in [0.4, 0.5) is 4.39 Å². The highest BCUT2D eigenvalue weighted by atomic mass is 32.2. The second kappa shape index (κ2) is 12.6. The third-order valence-corrected chi connectivity index (χ3v) is 5.74. The van der Waals surface area contributed by atoms with Gasteiger partial charge in [0.05, 0.1) is 20.0 Å². The molecule has 0 aliphatic carbocycles. The molecule has 0 fully saturated rings. The Morgan fingerprint density at radius 3 is 2.39 bits per heavy atom. The molecule has 0 heterocycles. The van der Waals surface area contributed by atoms with E-state index >= 15 is 0 Å². The Hall–Kier alpha value is -2.65. The van der Waals surface area contributed by atoms with E-state index in [1.54, 1.807) is 39.2 Å². The molecule has 0 spiro atoms. The molecular weight excluding hydrogens is 447 g/mol. The summed E-state index contributed by atoms with van der Waals surface area (Å²) < 4.78 is 50.6. The van der Waals surface area contributed by atoms with Crippen LogP contribution in [0.25, 0.3) is 0 Å². The summed E-state index contributed by atoms with van der Waals surface area (Å²) in [5.41, 5.74) is 1.50. The van der Waals surface area contributed by atoms with E-state index < -0.39 is 16.1 Å². The lowest BCUT2D eigenvalue weighted by Crippen LogP contribution is -2.49. The number of carbonyl (C=O) groups is 1. The molecule has 1 amide bonds. The predicted octanol–water partition coefficient (Wildman–Crippen LogP) is 3.08. The first kappa shape index (κ1) is 26.6. The maximum absolute atomic E-state index is 13.7. The van der Waals surface area contributed by atoms with Gasteiger partial charge in [-0.15, -0.1) is 0 Å². The predicted molar refractivity (Wildman–Crippen MR) is 127 cm³/mol. The molecule has 0 aliphatic heterocycles. The third kappa shape index (κ3) is 8.66. The van der Waals surface area contributed by atoms with Gasteiger partial charge in [0, 0.05) is 6.54 Å². The average molecular weight is 481 g/mol. The van der Waals surface area contributed by atoms with E-state index in [2.05, 4.69) is 10.0 Å². The summed E-state index contributed by atoms with van der Waals surface area (Å²) in [6.07, 6.45) is 2.72. The highest BCUT2D eigenvalue weighted by Gasteiger charge is 2.25. The summed E-state index contributed by atoms with van der Waals surface area (Å²) in [5, 5.41) is 2.78. The van der Waals surface area contributed by atoms with Crippen molar-refractivity contribution in [1.82, 2.24) is 10.0 Å². The first-order chi connectivity index (χ1) is 15.6. The van der Waals surface area contributed by atoms with Gasteiger partial charge in [0.15, 0.2) is 11.5 Å². The monoisotopic (exact) mass is 480 g/mol. The molecule has 0 bridgehead atoms. The first-order valence-corrected chi connectivity index (χ1v) is 12.8. The lowest BCUT2D eigenvalue weighted by Gasteiger charge is -2.21. The number of hydrogen-bond acceptors (Lipinski definition) is 5. The Kier molecular flexibility index (Phi) is 10.1. The molecule has 2 aromatic carbocycles. The van der Waals surface area contributed by atoms with Crippen LogP contribution in [0.1, 0.15) is 31.4 Å². The lowest BCUT2D eigenvalue weighted by atomic mass is 10.0. The number of para-hydroxylation sites is 1. The van der Waals surface area contributed by atoms with Gasteiger partial charge in [0.1, 0.15) is 11.9 Å². The van der Waals surface area contributed by atoms with E-state index in [1.807, 2.05) is 18.2 Å². The summed E-state index contributed by atoms with van der Waals surface area (Å²) >= 11 is 0. The van der Waals surface area contributed by atoms with Gasteiger partial charge in [0.2, 0.25) is 15.9 Å². The van der Waals surface area contributed by atoms with Gasteiger partial charge in [-0.3, -0.25) is 4.79 Å². The summed E-state index contributed by atoms with van der Waals surface area (Å²) in [7, 11) is -1.96. The number of nitrogens with one attached hydrogen (secondary N) is 2. The minimum absolute atomic E-state index is 0.199. The molecule has 0 radical (unpaired) electrons. The zero-order valence-corrected chi connectivity index (χ0v) is 20.4. The normalized spacial score (nSPS) is 12.4. The van der Waals surface area contributed by atoms with Crippen LogP contribution >= 0.6 is 0 Å². The number of benzene rings is 2. The fraction of sp³-hybridized carbons (Fsp3) is 0.458. The fourth-order valence-electron chi connectivity index (χ4n) is 3.40. The van der Waals surface area contributed by atoms with Crippen molar-refractivity contribution in [3.8, 4) is 11.5 Å². The van der Waals surface area contributed by atoms with Gasteiger partial charge in [-0.2, -0.15) is 0 Å². The van der Waals surface area contributed by atoms with Crippen LogP contribution in [0.5, 0.6) is 11.5 Å². The van der Waals surface area contributed by atoms with Gasteiger partial charge in [0.25, 0.3) is 0 Å². The molecule has 33 heavy (non-hydrogen) atoms. The highest BCUT2D eigenvalue weighted by molar-refractivity contribution is 7.88. The number of methoxy groups -OCH3 is 1. The summed E-state index contributed by atoms with van der Waals surface area (Å²) in [5.74, 6) is 0.358. The van der Waals surface area contributed by atoms with Gasteiger partial charge in [-0.1, -0.05) is 44.2 Å². The van der Waals surface area contributed by atoms with Gasteiger partial charge < -0.3 is 14.8 Å². The second-order valence-corrected chi connectivity index (χ2v) is 9.92. The molecular formula is C24H33FN2O5S. The second-order valence-electron chi connectivity index (χ2n) is 8.14. The van der Waals surface area contributed by atoms with Crippen LogP contribution in [-0.2, 0) is 27.7 Å². The molecule has 0 aromatic heterocycles. The van der Waals surface area contributed by atoms with Crippen molar-refractivity contribution in [3.63, 3.8) is 0 Å². The molecule has 2 rings (SSSR count). The van der Waals surface area contributed by atoms with E-state index in [-0.39, 0.29) is 17.6 Å². The van der Waals surface area contributed by atoms with E-state index in [1.165, 1.54) is 6.07 Å². The molecule has 0 saturated carbocycles. The molecule has 2 aromatic rings. The minimum Gasteiger partial charge on any atom is -0.493 e. The van der Waals surface area contributed by atoms with Crippen molar-refractivity contribution in [3.05, 3.63) is 59.4 Å². The molecule has 7 nitrogen and oxygen atoms in total. The number of carbonyl (C=O) groups excluding carboxylic acids is 1. The van der Waals surface area contributed by atoms with Crippen molar-refractivity contribution < 1.29 is 27.1 Å². The smallest absolute Gasteiger partial charge is 0.238 e.